The zero-order valence-corrected chi connectivity index (χ0v) is 7.57. The van der Waals surface area contributed by atoms with Gasteiger partial charge in [0.25, 0.3) is 0 Å². The van der Waals surface area contributed by atoms with Crippen molar-refractivity contribution in [3.05, 3.63) is 35.9 Å². The summed E-state index contributed by atoms with van der Waals surface area (Å²) < 4.78 is 4.92. The van der Waals surface area contributed by atoms with Crippen molar-refractivity contribution in [1.82, 2.24) is 0 Å². The fourth-order valence-electron chi connectivity index (χ4n) is 0.936. The number of carbonyl (C=O) groups is 1. The van der Waals surface area contributed by atoms with Gasteiger partial charge in [0.2, 0.25) is 0 Å². The third kappa shape index (κ3) is 2.87. The van der Waals surface area contributed by atoms with Gasteiger partial charge in [-0.2, -0.15) is 0 Å². The van der Waals surface area contributed by atoms with Crippen molar-refractivity contribution in [3.8, 4) is 0 Å². The Hall–Kier alpha value is -1.35. The summed E-state index contributed by atoms with van der Waals surface area (Å²) in [6.45, 7) is 1.74. The third-order valence-corrected chi connectivity index (χ3v) is 1.68. The first-order valence-corrected chi connectivity index (χ1v) is 4.24. The van der Waals surface area contributed by atoms with E-state index in [9.17, 15) is 4.79 Å². The number of hydrogen-bond acceptors (Lipinski definition) is 3. The maximum atomic E-state index is 10.9. The van der Waals surface area contributed by atoms with Gasteiger partial charge < -0.3 is 4.74 Å². The Morgan fingerprint density at radius 1 is 1.46 bits per heavy atom. The fraction of sp³-hybridized carbons (Fsp3) is 0.300. The Balaban J connectivity index is 2.59. The van der Waals surface area contributed by atoms with Crippen LogP contribution in [0.1, 0.15) is 25.1 Å². The zero-order valence-electron chi connectivity index (χ0n) is 7.57. The Morgan fingerprint density at radius 3 is 2.62 bits per heavy atom. The van der Waals surface area contributed by atoms with Crippen LogP contribution in [0.25, 0.3) is 0 Å². The number of benzene rings is 1. The van der Waals surface area contributed by atoms with Crippen LogP contribution in [0.4, 0.5) is 0 Å². The molecule has 0 aliphatic rings. The van der Waals surface area contributed by atoms with E-state index in [0.717, 1.165) is 5.56 Å². The molecule has 0 radical (unpaired) electrons. The summed E-state index contributed by atoms with van der Waals surface area (Å²) in [7, 11) is 0. The van der Waals surface area contributed by atoms with Gasteiger partial charge in [-0.3, -0.25) is 10.5 Å². The first kappa shape index (κ1) is 9.74. The second-order valence-corrected chi connectivity index (χ2v) is 2.67. The van der Waals surface area contributed by atoms with Crippen molar-refractivity contribution in [3.63, 3.8) is 0 Å². The molecule has 1 atom stereocenters. The zero-order chi connectivity index (χ0) is 9.68. The molecule has 13 heavy (non-hydrogen) atoms. The van der Waals surface area contributed by atoms with Gasteiger partial charge in [0, 0.05) is 12.0 Å². The highest BCUT2D eigenvalue weighted by Gasteiger charge is 2.08. The molecule has 70 valence electrons. The van der Waals surface area contributed by atoms with Crippen LogP contribution in [0, 0.1) is 0 Å². The molecule has 0 bridgehead atoms. The molecule has 3 nitrogen and oxygen atoms in total. The van der Waals surface area contributed by atoms with Crippen molar-refractivity contribution in [2.45, 2.75) is 19.6 Å². The highest BCUT2D eigenvalue weighted by atomic mass is 16.6. The molecular weight excluding hydrogens is 166 g/mol. The smallest absolute Gasteiger partial charge is 0.307 e. The van der Waals surface area contributed by atoms with E-state index >= 15 is 0 Å². The van der Waals surface area contributed by atoms with Crippen LogP contribution in [-0.2, 0) is 9.53 Å². The van der Waals surface area contributed by atoms with Crippen LogP contribution in [-0.4, -0.2) is 5.97 Å². The summed E-state index contributed by atoms with van der Waals surface area (Å²) in [4.78, 5) is 10.9. The second-order valence-electron chi connectivity index (χ2n) is 2.67. The normalized spacial score (nSPS) is 12.2. The highest BCUT2D eigenvalue weighted by Crippen LogP contribution is 2.11. The summed E-state index contributed by atoms with van der Waals surface area (Å²) in [6, 6.07) is 9.25. The Bertz CT molecular complexity index is 272. The van der Waals surface area contributed by atoms with E-state index in [-0.39, 0.29) is 5.97 Å². The standard InChI is InChI=1S/C10H13NO2/c1-2-9(12)13-10(11)8-6-4-3-5-7-8/h3-7,10H,2,11H2,1H3. The molecule has 1 aromatic carbocycles. The van der Waals surface area contributed by atoms with Crippen molar-refractivity contribution >= 4 is 5.97 Å². The molecular formula is C10H13NO2. The minimum absolute atomic E-state index is 0.281. The van der Waals surface area contributed by atoms with Gasteiger partial charge in [-0.1, -0.05) is 37.3 Å². The van der Waals surface area contributed by atoms with Crippen LogP contribution in [0.15, 0.2) is 30.3 Å². The van der Waals surface area contributed by atoms with E-state index in [4.69, 9.17) is 10.5 Å². The molecule has 0 saturated carbocycles. The van der Waals surface area contributed by atoms with Crippen LogP contribution in [0.3, 0.4) is 0 Å². The predicted octanol–water partition coefficient (Wildman–Crippen LogP) is 1.60. The molecule has 1 unspecified atom stereocenters. The number of esters is 1. The molecule has 3 heteroatoms. The molecule has 0 amide bonds. The van der Waals surface area contributed by atoms with Gasteiger partial charge in [-0.15, -0.1) is 0 Å². The maximum absolute atomic E-state index is 10.9. The molecule has 0 aromatic heterocycles. The van der Waals surface area contributed by atoms with Gasteiger partial charge in [-0.25, -0.2) is 0 Å². The van der Waals surface area contributed by atoms with Gasteiger partial charge in [0.1, 0.15) is 0 Å². The molecule has 2 N–H and O–H groups in total. The predicted molar refractivity (Wildman–Crippen MR) is 49.8 cm³/mol. The van der Waals surface area contributed by atoms with E-state index in [1.807, 2.05) is 30.3 Å². The molecule has 0 spiro atoms. The number of ether oxygens (including phenoxy) is 1. The van der Waals surface area contributed by atoms with Crippen molar-refractivity contribution in [2.75, 3.05) is 0 Å². The molecule has 0 heterocycles. The monoisotopic (exact) mass is 179 g/mol. The second kappa shape index (κ2) is 4.62. The highest BCUT2D eigenvalue weighted by molar-refractivity contribution is 5.69. The molecule has 0 saturated heterocycles. The Kier molecular flexibility index (Phi) is 3.46. The van der Waals surface area contributed by atoms with Gasteiger partial charge in [0.05, 0.1) is 0 Å². The minimum atomic E-state index is -0.645. The average molecular weight is 179 g/mol. The van der Waals surface area contributed by atoms with Crippen LogP contribution < -0.4 is 5.73 Å². The summed E-state index contributed by atoms with van der Waals surface area (Å²) in [5, 5.41) is 0. The van der Waals surface area contributed by atoms with Crippen LogP contribution in [0.2, 0.25) is 0 Å². The molecule has 0 aliphatic carbocycles. The molecule has 1 rings (SSSR count). The summed E-state index contributed by atoms with van der Waals surface area (Å²) >= 11 is 0. The average Bonchev–Trinajstić information content (AvgIpc) is 2.19. The van der Waals surface area contributed by atoms with E-state index in [1.165, 1.54) is 0 Å². The van der Waals surface area contributed by atoms with Crippen molar-refractivity contribution in [1.29, 1.82) is 0 Å². The number of nitrogens with two attached hydrogens (primary N) is 1. The molecule has 0 fully saturated rings. The molecule has 0 aliphatic heterocycles. The SMILES string of the molecule is CCC(=O)OC(N)c1ccccc1. The Labute approximate surface area is 77.5 Å². The van der Waals surface area contributed by atoms with Crippen LogP contribution >= 0.6 is 0 Å². The maximum Gasteiger partial charge on any atom is 0.307 e. The van der Waals surface area contributed by atoms with Crippen molar-refractivity contribution < 1.29 is 9.53 Å². The van der Waals surface area contributed by atoms with Gasteiger partial charge in [-0.05, 0) is 0 Å². The van der Waals surface area contributed by atoms with Crippen LogP contribution in [0.5, 0.6) is 0 Å². The summed E-state index contributed by atoms with van der Waals surface area (Å²) in [5.74, 6) is -0.281. The van der Waals surface area contributed by atoms with E-state index < -0.39 is 6.23 Å². The lowest BCUT2D eigenvalue weighted by Crippen LogP contribution is -2.18. The van der Waals surface area contributed by atoms with E-state index in [2.05, 4.69) is 0 Å². The lowest BCUT2D eigenvalue weighted by atomic mass is 10.2. The quantitative estimate of drug-likeness (QED) is 0.566. The summed E-state index contributed by atoms with van der Waals surface area (Å²) in [6.07, 6.45) is -0.297. The fourth-order valence-corrected chi connectivity index (χ4v) is 0.936. The number of carbonyl (C=O) groups excluding carboxylic acids is 1. The van der Waals surface area contributed by atoms with Gasteiger partial charge in [0.15, 0.2) is 6.23 Å². The van der Waals surface area contributed by atoms with E-state index in [0.29, 0.717) is 6.42 Å². The van der Waals surface area contributed by atoms with Crippen molar-refractivity contribution in [2.24, 2.45) is 5.73 Å². The lowest BCUT2D eigenvalue weighted by molar-refractivity contribution is -0.148. The third-order valence-electron chi connectivity index (χ3n) is 1.68. The number of hydrogen-bond donors (Lipinski definition) is 1. The lowest BCUT2D eigenvalue weighted by Gasteiger charge is -2.12. The van der Waals surface area contributed by atoms with Gasteiger partial charge >= 0.3 is 5.97 Å². The molecule has 1 aromatic rings. The Morgan fingerprint density at radius 2 is 2.08 bits per heavy atom. The van der Waals surface area contributed by atoms with E-state index in [1.54, 1.807) is 6.92 Å². The largest absolute Gasteiger partial charge is 0.442 e. The topological polar surface area (TPSA) is 52.3 Å². The minimum Gasteiger partial charge on any atom is -0.442 e. The first-order valence-electron chi connectivity index (χ1n) is 4.24. The summed E-state index contributed by atoms with van der Waals surface area (Å²) in [5.41, 5.74) is 6.44. The first-order chi connectivity index (χ1) is 6.24. The number of rotatable bonds is 3.